The summed E-state index contributed by atoms with van der Waals surface area (Å²) in [4.78, 5) is 19.6. The van der Waals surface area contributed by atoms with Crippen molar-refractivity contribution in [1.82, 2.24) is 0 Å². The van der Waals surface area contributed by atoms with Crippen LogP contribution in [-0.4, -0.2) is 30.6 Å². The Morgan fingerprint density at radius 3 is 1.42 bits per heavy atom. The average molecular weight is 196 g/mol. The van der Waals surface area contributed by atoms with E-state index in [4.69, 9.17) is 18.6 Å². The van der Waals surface area contributed by atoms with E-state index in [0.29, 0.717) is 0 Å². The summed E-state index contributed by atoms with van der Waals surface area (Å²) < 4.78 is 16.6. The summed E-state index contributed by atoms with van der Waals surface area (Å²) in [6, 6.07) is 0. The van der Waals surface area contributed by atoms with Crippen molar-refractivity contribution in [3.8, 4) is 0 Å². The average Bonchev–Trinajstić information content (AvgIpc) is 1.87. The molecule has 70 valence electrons. The van der Waals surface area contributed by atoms with Crippen molar-refractivity contribution in [2.45, 2.75) is 19.3 Å². The molecule has 0 atom stereocenters. The van der Waals surface area contributed by atoms with Crippen LogP contribution in [0.25, 0.3) is 0 Å². The molecule has 0 unspecified atom stereocenters. The summed E-state index contributed by atoms with van der Waals surface area (Å²) in [5.41, 5.74) is 0. The van der Waals surface area contributed by atoms with E-state index >= 15 is 0 Å². The standard InChI is InChI=1S/C5H8O4.O2S/c6-4(7)2-1-3-5(8)9;1-3-2/h1-3H2,(H,6,7)(H,8,9);. The molecule has 6 nitrogen and oxygen atoms in total. The zero-order valence-corrected chi connectivity index (χ0v) is 6.87. The summed E-state index contributed by atoms with van der Waals surface area (Å²) in [7, 11) is 0. The van der Waals surface area contributed by atoms with Gasteiger partial charge in [0, 0.05) is 12.8 Å². The van der Waals surface area contributed by atoms with Crippen molar-refractivity contribution in [2.24, 2.45) is 0 Å². The summed E-state index contributed by atoms with van der Waals surface area (Å²) in [6.07, 6.45) is 0.0866. The molecule has 0 fully saturated rings. The predicted octanol–water partition coefficient (Wildman–Crippen LogP) is -0.344. The molecule has 7 heteroatoms. The second kappa shape index (κ2) is 9.76. The highest BCUT2D eigenvalue weighted by Crippen LogP contribution is 1.93. The fourth-order valence-electron chi connectivity index (χ4n) is 0.391. The van der Waals surface area contributed by atoms with E-state index < -0.39 is 23.5 Å². The van der Waals surface area contributed by atoms with Gasteiger partial charge in [0.15, 0.2) is 0 Å². The van der Waals surface area contributed by atoms with Gasteiger partial charge >= 0.3 is 23.5 Å². The molecule has 0 amide bonds. The highest BCUT2D eigenvalue weighted by Gasteiger charge is 1.99. The Morgan fingerprint density at radius 2 is 1.25 bits per heavy atom. The first-order chi connectivity index (χ1) is 5.54. The van der Waals surface area contributed by atoms with Crippen LogP contribution in [0.15, 0.2) is 0 Å². The Bertz CT molecular complexity index is 168. The number of hydrogen-bond donors (Lipinski definition) is 2. The third-order valence-electron chi connectivity index (χ3n) is 0.781. The molecule has 0 saturated heterocycles. The SMILES string of the molecule is O=C(O)CCCC(=O)O.O=S=O. The van der Waals surface area contributed by atoms with Gasteiger partial charge in [0.25, 0.3) is 0 Å². The van der Waals surface area contributed by atoms with Crippen molar-refractivity contribution in [3.05, 3.63) is 0 Å². The lowest BCUT2D eigenvalue weighted by atomic mass is 10.2. The Hall–Kier alpha value is -1.24. The van der Waals surface area contributed by atoms with Gasteiger partial charge in [-0.05, 0) is 6.42 Å². The minimum atomic E-state index is -0.948. The van der Waals surface area contributed by atoms with E-state index in [9.17, 15) is 9.59 Å². The van der Waals surface area contributed by atoms with Gasteiger partial charge < -0.3 is 10.2 Å². The molecule has 0 spiro atoms. The topological polar surface area (TPSA) is 109 Å². The van der Waals surface area contributed by atoms with E-state index in [1.165, 1.54) is 0 Å². The summed E-state index contributed by atoms with van der Waals surface area (Å²) in [5.74, 6) is -1.90. The first kappa shape index (κ1) is 13.4. The van der Waals surface area contributed by atoms with Crippen LogP contribution >= 0.6 is 0 Å². The predicted molar refractivity (Wildman–Crippen MR) is 38.0 cm³/mol. The largest absolute Gasteiger partial charge is 0.481 e. The van der Waals surface area contributed by atoms with Gasteiger partial charge in [0.2, 0.25) is 0 Å². The van der Waals surface area contributed by atoms with Crippen molar-refractivity contribution < 1.29 is 28.2 Å². The van der Waals surface area contributed by atoms with Gasteiger partial charge in [-0.3, -0.25) is 9.59 Å². The van der Waals surface area contributed by atoms with Gasteiger partial charge in [0.1, 0.15) is 0 Å². The molecule has 0 aromatic heterocycles. The molecule has 0 aromatic carbocycles. The summed E-state index contributed by atoms with van der Waals surface area (Å²) >= 11 is -0.750. The number of hydrogen-bond acceptors (Lipinski definition) is 4. The second-order valence-corrected chi connectivity index (χ2v) is 1.85. The molecule has 0 aliphatic heterocycles. The van der Waals surface area contributed by atoms with Crippen LogP contribution in [0.3, 0.4) is 0 Å². The number of rotatable bonds is 4. The maximum Gasteiger partial charge on any atom is 0.335 e. The molecule has 0 aliphatic carbocycles. The molecule has 0 rings (SSSR count). The molecular formula is C5H8O6S. The Kier molecular flexibility index (Phi) is 10.9. The van der Waals surface area contributed by atoms with Crippen LogP contribution in [0.1, 0.15) is 19.3 Å². The Labute approximate surface area is 71.8 Å². The fourth-order valence-corrected chi connectivity index (χ4v) is 0.391. The van der Waals surface area contributed by atoms with E-state index in [1.807, 2.05) is 0 Å². The van der Waals surface area contributed by atoms with E-state index in [1.54, 1.807) is 0 Å². The van der Waals surface area contributed by atoms with Crippen molar-refractivity contribution >= 4 is 23.5 Å². The van der Waals surface area contributed by atoms with Crippen LogP contribution < -0.4 is 0 Å². The lowest BCUT2D eigenvalue weighted by Crippen LogP contribution is -1.98. The number of carbonyl (C=O) groups is 2. The van der Waals surface area contributed by atoms with Gasteiger partial charge in [-0.25, -0.2) is 0 Å². The van der Waals surface area contributed by atoms with Crippen molar-refractivity contribution in [3.63, 3.8) is 0 Å². The number of aliphatic carboxylic acids is 2. The van der Waals surface area contributed by atoms with Crippen LogP contribution in [0, 0.1) is 0 Å². The molecular weight excluding hydrogens is 188 g/mol. The van der Waals surface area contributed by atoms with E-state index in [0.717, 1.165) is 0 Å². The third kappa shape index (κ3) is 23.3. The van der Waals surface area contributed by atoms with Gasteiger partial charge in [-0.1, -0.05) is 0 Å². The van der Waals surface area contributed by atoms with E-state index in [-0.39, 0.29) is 19.3 Å². The number of carboxylic acids is 2. The number of carboxylic acid groups (broad SMARTS) is 2. The molecule has 0 heterocycles. The maximum absolute atomic E-state index is 9.79. The van der Waals surface area contributed by atoms with Crippen LogP contribution in [0.4, 0.5) is 0 Å². The Balaban J connectivity index is 0. The molecule has 0 saturated carbocycles. The lowest BCUT2D eigenvalue weighted by Gasteiger charge is -1.89. The van der Waals surface area contributed by atoms with Gasteiger partial charge in [-0.2, -0.15) is 8.42 Å². The van der Waals surface area contributed by atoms with Crippen LogP contribution in [-0.2, 0) is 21.2 Å². The molecule has 2 N–H and O–H groups in total. The highest BCUT2D eigenvalue weighted by molar-refractivity contribution is 7.51. The van der Waals surface area contributed by atoms with Crippen molar-refractivity contribution in [2.75, 3.05) is 0 Å². The van der Waals surface area contributed by atoms with Gasteiger partial charge in [0.05, 0.1) is 0 Å². The minimum Gasteiger partial charge on any atom is -0.481 e. The van der Waals surface area contributed by atoms with Crippen LogP contribution in [0.2, 0.25) is 0 Å². The normalized spacial score (nSPS) is 7.67. The maximum atomic E-state index is 9.79. The third-order valence-corrected chi connectivity index (χ3v) is 0.781. The Morgan fingerprint density at radius 1 is 1.00 bits per heavy atom. The first-order valence-electron chi connectivity index (χ1n) is 2.90. The molecule has 0 aliphatic rings. The quantitative estimate of drug-likeness (QED) is 0.636. The zero-order chi connectivity index (χ0) is 9.98. The monoisotopic (exact) mass is 196 g/mol. The lowest BCUT2D eigenvalue weighted by molar-refractivity contribution is -0.138. The minimum absolute atomic E-state index is 0.0632. The van der Waals surface area contributed by atoms with Crippen molar-refractivity contribution in [1.29, 1.82) is 0 Å². The van der Waals surface area contributed by atoms with Crippen LogP contribution in [0.5, 0.6) is 0 Å². The second-order valence-electron chi connectivity index (χ2n) is 1.71. The molecule has 12 heavy (non-hydrogen) atoms. The van der Waals surface area contributed by atoms with Gasteiger partial charge in [-0.15, -0.1) is 0 Å². The molecule has 0 radical (unpaired) electrons. The first-order valence-corrected chi connectivity index (χ1v) is 3.56. The smallest absolute Gasteiger partial charge is 0.335 e. The highest BCUT2D eigenvalue weighted by atomic mass is 32.1. The zero-order valence-electron chi connectivity index (χ0n) is 6.06. The summed E-state index contributed by atoms with van der Waals surface area (Å²) in [5, 5.41) is 16.1. The molecule has 0 aromatic rings. The summed E-state index contributed by atoms with van der Waals surface area (Å²) in [6.45, 7) is 0. The molecule has 0 bridgehead atoms. The fraction of sp³-hybridized carbons (Fsp3) is 0.600. The van der Waals surface area contributed by atoms with E-state index in [2.05, 4.69) is 0 Å².